The van der Waals surface area contributed by atoms with Crippen LogP contribution in [0.2, 0.25) is 0 Å². The van der Waals surface area contributed by atoms with E-state index in [1.807, 2.05) is 12.1 Å². The molecule has 0 aliphatic carbocycles. The molecule has 160 valence electrons. The average Bonchev–Trinajstić information content (AvgIpc) is 2.71. The maximum absolute atomic E-state index is 10.4. The third-order valence-electron chi connectivity index (χ3n) is 5.50. The van der Waals surface area contributed by atoms with Gasteiger partial charge in [-0.25, -0.2) is 0 Å². The lowest BCUT2D eigenvalue weighted by molar-refractivity contribution is -0.313. The minimum atomic E-state index is -1.94. The minimum absolute atomic E-state index is 0.0880. The highest BCUT2D eigenvalue weighted by Gasteiger charge is 2.48. The molecule has 0 spiro atoms. The first-order valence-corrected chi connectivity index (χ1v) is 10.7. The van der Waals surface area contributed by atoms with E-state index < -0.39 is 24.1 Å². The zero-order valence-corrected chi connectivity index (χ0v) is 17.0. The summed E-state index contributed by atoms with van der Waals surface area (Å²) in [7, 11) is 0. The lowest BCUT2D eigenvalue weighted by atomic mass is 9.97. The molecule has 1 aromatic carbocycles. The number of benzene rings is 1. The van der Waals surface area contributed by atoms with Gasteiger partial charge in [0.25, 0.3) is 0 Å². The molecule has 6 nitrogen and oxygen atoms in total. The molecule has 5 N–H and O–H groups in total. The molecule has 6 heteroatoms. The molecule has 1 aliphatic rings. The fourth-order valence-corrected chi connectivity index (χ4v) is 3.53. The van der Waals surface area contributed by atoms with Gasteiger partial charge in [0.05, 0.1) is 13.2 Å². The summed E-state index contributed by atoms with van der Waals surface area (Å²) in [5.74, 6) is -1.94. The first-order chi connectivity index (χ1) is 13.5. The summed E-state index contributed by atoms with van der Waals surface area (Å²) in [6.07, 6.45) is 7.32. The zero-order valence-electron chi connectivity index (χ0n) is 17.0. The van der Waals surface area contributed by atoms with E-state index >= 15 is 0 Å². The standard InChI is InChI=1S/C22H37NO5/c1-2-3-4-5-6-7-8-9-10-17-11-13-18(14-12-17)23-16-22(27)21(26)20(25)19(24)15-28-22/h11-14,19-21,23-27H,2-10,15-16H2,1H3/t19-,20-,21+,22-/m1/s1. The molecule has 1 saturated heterocycles. The van der Waals surface area contributed by atoms with Gasteiger partial charge in [-0.05, 0) is 30.5 Å². The van der Waals surface area contributed by atoms with Crippen molar-refractivity contribution in [3.8, 4) is 0 Å². The highest BCUT2D eigenvalue weighted by atomic mass is 16.6. The monoisotopic (exact) mass is 395 g/mol. The molecular weight excluding hydrogens is 358 g/mol. The van der Waals surface area contributed by atoms with Crippen LogP contribution in [-0.4, -0.2) is 57.7 Å². The van der Waals surface area contributed by atoms with Crippen LogP contribution in [0.3, 0.4) is 0 Å². The highest BCUT2D eigenvalue weighted by molar-refractivity contribution is 5.45. The Labute approximate surface area is 168 Å². The van der Waals surface area contributed by atoms with Gasteiger partial charge in [0.2, 0.25) is 5.79 Å². The van der Waals surface area contributed by atoms with E-state index in [9.17, 15) is 20.4 Å². The molecule has 0 bridgehead atoms. The molecule has 4 atom stereocenters. The van der Waals surface area contributed by atoms with Crippen molar-refractivity contribution < 1.29 is 25.2 Å². The first kappa shape index (κ1) is 23.1. The van der Waals surface area contributed by atoms with Crippen molar-refractivity contribution in [1.29, 1.82) is 0 Å². The normalized spacial score (nSPS) is 27.7. The van der Waals surface area contributed by atoms with Crippen molar-refractivity contribution in [1.82, 2.24) is 0 Å². The van der Waals surface area contributed by atoms with Gasteiger partial charge in [-0.1, -0.05) is 64.0 Å². The summed E-state index contributed by atoms with van der Waals surface area (Å²) >= 11 is 0. The Balaban J connectivity index is 1.67. The van der Waals surface area contributed by atoms with Crippen LogP contribution in [0.1, 0.15) is 63.9 Å². The Bertz CT molecular complexity index is 552. The number of rotatable bonds is 12. The van der Waals surface area contributed by atoms with Gasteiger partial charge < -0.3 is 30.5 Å². The van der Waals surface area contributed by atoms with Crippen LogP contribution in [0.4, 0.5) is 5.69 Å². The second-order valence-corrected chi connectivity index (χ2v) is 7.93. The second-order valence-electron chi connectivity index (χ2n) is 7.93. The summed E-state index contributed by atoms with van der Waals surface area (Å²) in [6.45, 7) is 1.93. The largest absolute Gasteiger partial charge is 0.388 e. The zero-order chi connectivity index (χ0) is 20.4. The van der Waals surface area contributed by atoms with Gasteiger partial charge in [-0.15, -0.1) is 0 Å². The smallest absolute Gasteiger partial charge is 0.212 e. The Morgan fingerprint density at radius 2 is 1.57 bits per heavy atom. The van der Waals surface area contributed by atoms with Crippen molar-refractivity contribution in [2.24, 2.45) is 0 Å². The number of ether oxygens (including phenoxy) is 1. The summed E-state index contributed by atoms with van der Waals surface area (Å²) in [5, 5.41) is 42.6. The molecule has 1 heterocycles. The van der Waals surface area contributed by atoms with E-state index in [4.69, 9.17) is 4.74 Å². The fraction of sp³-hybridized carbons (Fsp3) is 0.727. The van der Waals surface area contributed by atoms with Crippen molar-refractivity contribution in [3.63, 3.8) is 0 Å². The van der Waals surface area contributed by atoms with Gasteiger partial charge in [0.1, 0.15) is 18.3 Å². The maximum Gasteiger partial charge on any atom is 0.212 e. The van der Waals surface area contributed by atoms with E-state index in [0.29, 0.717) is 0 Å². The topological polar surface area (TPSA) is 102 Å². The Morgan fingerprint density at radius 1 is 0.964 bits per heavy atom. The molecular formula is C22H37NO5. The Hall–Kier alpha value is -1.18. The first-order valence-electron chi connectivity index (χ1n) is 10.7. The van der Waals surface area contributed by atoms with Crippen LogP contribution in [0, 0.1) is 0 Å². The summed E-state index contributed by atoms with van der Waals surface area (Å²) < 4.78 is 5.15. The molecule has 0 amide bonds. The molecule has 2 rings (SSSR count). The van der Waals surface area contributed by atoms with Crippen LogP contribution in [-0.2, 0) is 11.2 Å². The Morgan fingerprint density at radius 3 is 2.21 bits per heavy atom. The van der Waals surface area contributed by atoms with Gasteiger partial charge >= 0.3 is 0 Å². The number of aliphatic hydroxyl groups excluding tert-OH is 3. The lowest BCUT2D eigenvalue weighted by Crippen LogP contribution is -2.63. The number of unbranched alkanes of at least 4 members (excludes halogenated alkanes) is 7. The van der Waals surface area contributed by atoms with Crippen molar-refractivity contribution in [3.05, 3.63) is 29.8 Å². The van der Waals surface area contributed by atoms with E-state index in [1.54, 1.807) is 0 Å². The van der Waals surface area contributed by atoms with E-state index in [-0.39, 0.29) is 13.2 Å². The highest BCUT2D eigenvalue weighted by Crippen LogP contribution is 2.25. The molecule has 0 radical (unpaired) electrons. The SMILES string of the molecule is CCCCCCCCCCc1ccc(NC[C@@]2(O)OC[C@@H](O)[C@@H](O)[C@@H]2O)cc1. The van der Waals surface area contributed by atoms with Gasteiger partial charge in [0.15, 0.2) is 0 Å². The molecule has 0 aromatic heterocycles. The number of hydrogen-bond acceptors (Lipinski definition) is 6. The van der Waals surface area contributed by atoms with Crippen LogP contribution in [0.15, 0.2) is 24.3 Å². The molecule has 1 aliphatic heterocycles. The number of aryl methyl sites for hydroxylation is 1. The van der Waals surface area contributed by atoms with Crippen LogP contribution < -0.4 is 5.32 Å². The third kappa shape index (κ3) is 7.01. The maximum atomic E-state index is 10.4. The van der Waals surface area contributed by atoms with Crippen LogP contribution >= 0.6 is 0 Å². The third-order valence-corrected chi connectivity index (χ3v) is 5.50. The number of anilines is 1. The summed E-state index contributed by atoms with van der Waals surface area (Å²) in [4.78, 5) is 0. The van der Waals surface area contributed by atoms with Crippen molar-refractivity contribution >= 4 is 5.69 Å². The predicted octanol–water partition coefficient (Wildman–Crippen LogP) is 2.58. The van der Waals surface area contributed by atoms with Gasteiger partial charge in [-0.2, -0.15) is 0 Å². The van der Waals surface area contributed by atoms with E-state index in [0.717, 1.165) is 12.1 Å². The minimum Gasteiger partial charge on any atom is -0.388 e. The lowest BCUT2D eigenvalue weighted by Gasteiger charge is -2.41. The fourth-order valence-electron chi connectivity index (χ4n) is 3.53. The second kappa shape index (κ2) is 11.7. The molecule has 1 aromatic rings. The predicted molar refractivity (Wildman–Crippen MR) is 110 cm³/mol. The molecule has 1 fully saturated rings. The average molecular weight is 396 g/mol. The van der Waals surface area contributed by atoms with Crippen LogP contribution in [0.5, 0.6) is 0 Å². The van der Waals surface area contributed by atoms with Gasteiger partial charge in [0, 0.05) is 5.69 Å². The molecule has 0 unspecified atom stereocenters. The van der Waals surface area contributed by atoms with Gasteiger partial charge in [-0.3, -0.25) is 0 Å². The molecule has 28 heavy (non-hydrogen) atoms. The van der Waals surface area contributed by atoms with Crippen molar-refractivity contribution in [2.45, 2.75) is 88.8 Å². The summed E-state index contributed by atoms with van der Waals surface area (Å²) in [5.41, 5.74) is 2.08. The van der Waals surface area contributed by atoms with E-state index in [1.165, 1.54) is 56.9 Å². The summed E-state index contributed by atoms with van der Waals surface area (Å²) in [6, 6.07) is 7.99. The van der Waals surface area contributed by atoms with Crippen molar-refractivity contribution in [2.75, 3.05) is 18.5 Å². The number of nitrogens with one attached hydrogen (secondary N) is 1. The molecule has 0 saturated carbocycles. The number of hydrogen-bond donors (Lipinski definition) is 5. The quantitative estimate of drug-likeness (QED) is 0.349. The Kier molecular flexibility index (Phi) is 9.68. The number of aliphatic hydroxyl groups is 4. The van der Waals surface area contributed by atoms with Crippen LogP contribution in [0.25, 0.3) is 0 Å². The van der Waals surface area contributed by atoms with E-state index in [2.05, 4.69) is 24.4 Å².